The van der Waals surface area contributed by atoms with Crippen LogP contribution in [0.25, 0.3) is 0 Å². The van der Waals surface area contributed by atoms with Crippen LogP contribution in [0.5, 0.6) is 0 Å². The standard InChI is InChI=1S/C17H28N2/c1-2-3-4-7-12-18-17-11-6-5-10-16(17)15-19-13-8-9-14-19/h5-6,10-11,18H,2-4,7-9,12-15H2,1H3. The van der Waals surface area contributed by atoms with Crippen LogP contribution in [0.15, 0.2) is 24.3 Å². The van der Waals surface area contributed by atoms with E-state index in [1.165, 1.54) is 62.9 Å². The van der Waals surface area contributed by atoms with Crippen LogP contribution < -0.4 is 5.32 Å². The van der Waals surface area contributed by atoms with Gasteiger partial charge in [0.2, 0.25) is 0 Å². The van der Waals surface area contributed by atoms with Crippen molar-refractivity contribution in [2.45, 2.75) is 52.0 Å². The number of hydrogen-bond acceptors (Lipinski definition) is 2. The number of para-hydroxylation sites is 1. The number of nitrogens with zero attached hydrogens (tertiary/aromatic N) is 1. The maximum Gasteiger partial charge on any atom is 0.0385 e. The Bertz CT molecular complexity index is 356. The molecule has 0 unspecified atom stereocenters. The molecule has 1 aromatic carbocycles. The number of unbranched alkanes of at least 4 members (excludes halogenated alkanes) is 3. The quantitative estimate of drug-likeness (QED) is 0.702. The fourth-order valence-corrected chi connectivity index (χ4v) is 2.79. The second-order valence-corrected chi connectivity index (χ2v) is 5.63. The molecular weight excluding hydrogens is 232 g/mol. The van der Waals surface area contributed by atoms with E-state index in [2.05, 4.69) is 41.4 Å². The average Bonchev–Trinajstić information content (AvgIpc) is 2.93. The number of anilines is 1. The molecule has 0 radical (unpaired) electrons. The summed E-state index contributed by atoms with van der Waals surface area (Å²) in [6.07, 6.45) is 8.03. The van der Waals surface area contributed by atoms with Gasteiger partial charge in [0, 0.05) is 18.8 Å². The van der Waals surface area contributed by atoms with Crippen LogP contribution in [0, 0.1) is 0 Å². The van der Waals surface area contributed by atoms with E-state index in [0.29, 0.717) is 0 Å². The van der Waals surface area contributed by atoms with Crippen molar-refractivity contribution in [3.05, 3.63) is 29.8 Å². The van der Waals surface area contributed by atoms with E-state index in [0.717, 1.165) is 13.1 Å². The Labute approximate surface area is 118 Å². The fourth-order valence-electron chi connectivity index (χ4n) is 2.79. The minimum atomic E-state index is 1.11. The summed E-state index contributed by atoms with van der Waals surface area (Å²) >= 11 is 0. The Hall–Kier alpha value is -1.02. The Morgan fingerprint density at radius 1 is 1.05 bits per heavy atom. The van der Waals surface area contributed by atoms with Crippen molar-refractivity contribution in [3.63, 3.8) is 0 Å². The number of nitrogens with one attached hydrogen (secondary N) is 1. The zero-order valence-corrected chi connectivity index (χ0v) is 12.3. The fraction of sp³-hybridized carbons (Fsp3) is 0.647. The summed E-state index contributed by atoms with van der Waals surface area (Å²) in [4.78, 5) is 2.57. The van der Waals surface area contributed by atoms with E-state index < -0.39 is 0 Å². The first kappa shape index (κ1) is 14.4. The van der Waals surface area contributed by atoms with E-state index in [4.69, 9.17) is 0 Å². The number of rotatable bonds is 8. The van der Waals surface area contributed by atoms with Crippen molar-refractivity contribution in [2.24, 2.45) is 0 Å². The van der Waals surface area contributed by atoms with Crippen LogP contribution in [-0.2, 0) is 6.54 Å². The molecule has 0 amide bonds. The number of likely N-dealkylation sites (tertiary alicyclic amines) is 1. The van der Waals surface area contributed by atoms with Gasteiger partial charge in [-0.3, -0.25) is 4.90 Å². The molecule has 106 valence electrons. The van der Waals surface area contributed by atoms with Gasteiger partial charge in [0.25, 0.3) is 0 Å². The molecule has 2 nitrogen and oxygen atoms in total. The van der Waals surface area contributed by atoms with Gasteiger partial charge >= 0.3 is 0 Å². The second-order valence-electron chi connectivity index (χ2n) is 5.63. The first-order chi connectivity index (χ1) is 9.40. The topological polar surface area (TPSA) is 15.3 Å². The van der Waals surface area contributed by atoms with Gasteiger partial charge in [-0.2, -0.15) is 0 Å². The van der Waals surface area contributed by atoms with Crippen LogP contribution >= 0.6 is 0 Å². The third-order valence-corrected chi connectivity index (χ3v) is 3.96. The van der Waals surface area contributed by atoms with Gasteiger partial charge < -0.3 is 5.32 Å². The Kier molecular flexibility index (Phi) is 6.22. The van der Waals surface area contributed by atoms with Crippen LogP contribution in [-0.4, -0.2) is 24.5 Å². The number of hydrogen-bond donors (Lipinski definition) is 1. The van der Waals surface area contributed by atoms with Crippen LogP contribution in [0.3, 0.4) is 0 Å². The lowest BCUT2D eigenvalue weighted by Gasteiger charge is -2.18. The molecule has 0 spiro atoms. The lowest BCUT2D eigenvalue weighted by atomic mass is 10.1. The van der Waals surface area contributed by atoms with Gasteiger partial charge in [0.05, 0.1) is 0 Å². The maximum absolute atomic E-state index is 3.62. The van der Waals surface area contributed by atoms with E-state index >= 15 is 0 Å². The maximum atomic E-state index is 3.62. The highest BCUT2D eigenvalue weighted by atomic mass is 15.1. The normalized spacial score (nSPS) is 15.8. The molecule has 1 saturated heterocycles. The van der Waals surface area contributed by atoms with E-state index in [1.54, 1.807) is 0 Å². The summed E-state index contributed by atoms with van der Waals surface area (Å²) in [5.41, 5.74) is 2.80. The van der Waals surface area contributed by atoms with E-state index in [-0.39, 0.29) is 0 Å². The largest absolute Gasteiger partial charge is 0.385 e. The number of benzene rings is 1. The summed E-state index contributed by atoms with van der Waals surface area (Å²) in [7, 11) is 0. The first-order valence-corrected chi connectivity index (χ1v) is 7.94. The van der Waals surface area contributed by atoms with Crippen molar-refractivity contribution >= 4 is 5.69 Å². The summed E-state index contributed by atoms with van der Waals surface area (Å²) in [5, 5.41) is 3.62. The van der Waals surface area contributed by atoms with Gasteiger partial charge in [0.1, 0.15) is 0 Å². The van der Waals surface area contributed by atoms with Crippen LogP contribution in [0.2, 0.25) is 0 Å². The summed E-state index contributed by atoms with van der Waals surface area (Å²) in [5.74, 6) is 0. The van der Waals surface area contributed by atoms with E-state index in [1.807, 2.05) is 0 Å². The molecule has 1 aliphatic rings. The van der Waals surface area contributed by atoms with Gasteiger partial charge in [-0.25, -0.2) is 0 Å². The van der Waals surface area contributed by atoms with Crippen molar-refractivity contribution in [2.75, 3.05) is 25.0 Å². The van der Waals surface area contributed by atoms with Crippen molar-refractivity contribution in [1.82, 2.24) is 4.90 Å². The Morgan fingerprint density at radius 2 is 1.84 bits per heavy atom. The molecule has 2 heteroatoms. The Morgan fingerprint density at radius 3 is 2.63 bits per heavy atom. The minimum Gasteiger partial charge on any atom is -0.385 e. The first-order valence-electron chi connectivity index (χ1n) is 7.94. The zero-order chi connectivity index (χ0) is 13.3. The third kappa shape index (κ3) is 4.87. The molecular formula is C17H28N2. The molecule has 1 aromatic rings. The molecule has 0 atom stereocenters. The van der Waals surface area contributed by atoms with Crippen LogP contribution in [0.1, 0.15) is 51.0 Å². The van der Waals surface area contributed by atoms with Gasteiger partial charge in [-0.05, 0) is 44.0 Å². The smallest absolute Gasteiger partial charge is 0.0385 e. The molecule has 1 heterocycles. The monoisotopic (exact) mass is 260 g/mol. The zero-order valence-electron chi connectivity index (χ0n) is 12.3. The molecule has 0 aromatic heterocycles. The summed E-state index contributed by atoms with van der Waals surface area (Å²) in [6.45, 7) is 7.02. The van der Waals surface area contributed by atoms with Crippen LogP contribution in [0.4, 0.5) is 5.69 Å². The predicted molar refractivity (Wildman–Crippen MR) is 83.6 cm³/mol. The van der Waals surface area contributed by atoms with Gasteiger partial charge in [-0.1, -0.05) is 44.4 Å². The minimum absolute atomic E-state index is 1.11. The molecule has 1 aliphatic heterocycles. The highest BCUT2D eigenvalue weighted by molar-refractivity contribution is 5.51. The second kappa shape index (κ2) is 8.21. The average molecular weight is 260 g/mol. The highest BCUT2D eigenvalue weighted by Gasteiger charge is 2.13. The van der Waals surface area contributed by atoms with E-state index in [9.17, 15) is 0 Å². The third-order valence-electron chi connectivity index (χ3n) is 3.96. The van der Waals surface area contributed by atoms with Crippen molar-refractivity contribution in [1.29, 1.82) is 0 Å². The van der Waals surface area contributed by atoms with Crippen molar-refractivity contribution < 1.29 is 0 Å². The Balaban J connectivity index is 1.81. The molecule has 0 aliphatic carbocycles. The lowest BCUT2D eigenvalue weighted by molar-refractivity contribution is 0.332. The molecule has 2 rings (SSSR count). The molecule has 1 N–H and O–H groups in total. The van der Waals surface area contributed by atoms with Gasteiger partial charge in [0.15, 0.2) is 0 Å². The molecule has 0 saturated carbocycles. The molecule has 0 bridgehead atoms. The van der Waals surface area contributed by atoms with Gasteiger partial charge in [-0.15, -0.1) is 0 Å². The predicted octanol–water partition coefficient (Wildman–Crippen LogP) is 4.27. The lowest BCUT2D eigenvalue weighted by Crippen LogP contribution is -2.19. The SMILES string of the molecule is CCCCCCNc1ccccc1CN1CCCC1. The van der Waals surface area contributed by atoms with Crippen molar-refractivity contribution in [3.8, 4) is 0 Å². The molecule has 1 fully saturated rings. The molecule has 19 heavy (non-hydrogen) atoms. The summed E-state index contributed by atoms with van der Waals surface area (Å²) < 4.78 is 0. The summed E-state index contributed by atoms with van der Waals surface area (Å²) in [6, 6.07) is 8.80. The highest BCUT2D eigenvalue weighted by Crippen LogP contribution is 2.20.